The summed E-state index contributed by atoms with van der Waals surface area (Å²) in [7, 11) is 0. The molecule has 0 amide bonds. The number of hydrogen-bond donors (Lipinski definition) is 0. The molecule has 4 spiro atoms. The van der Waals surface area contributed by atoms with Crippen molar-refractivity contribution >= 4 is 248 Å². The Balaban J connectivity index is 1.01. The van der Waals surface area contributed by atoms with Crippen molar-refractivity contribution in [3.8, 4) is 22.6 Å². The van der Waals surface area contributed by atoms with Crippen LogP contribution in [0.2, 0.25) is 0 Å². The normalized spacial score (nSPS) is 26.3. The molecule has 0 aromatic heterocycles. The summed E-state index contributed by atoms with van der Waals surface area (Å²) in [5.74, 6) is 2.14. The molecule has 0 fully saturated rings. The van der Waals surface area contributed by atoms with Crippen LogP contribution in [0.3, 0.4) is 0 Å². The maximum Gasteiger partial charge on any atom is 0.119 e. The summed E-state index contributed by atoms with van der Waals surface area (Å²) < 4.78 is 13.9. The van der Waals surface area contributed by atoms with E-state index in [1.54, 1.807) is 320 Å². The van der Waals surface area contributed by atoms with Crippen LogP contribution < -0.4 is 9.47 Å². The molecular weight excluding hydrogens is 1000 g/mol. The molecule has 360 valence electrons. The lowest BCUT2D eigenvalue weighted by molar-refractivity contribution is 0.274. The van der Waals surface area contributed by atoms with Gasteiger partial charge in [-0.1, -0.05) is 12.1 Å². The first-order chi connectivity index (χ1) is 41.3. The summed E-state index contributed by atoms with van der Waals surface area (Å²) in [5.41, 5.74) is 23.0. The first kappa shape index (κ1) is 33.0. The predicted molar refractivity (Wildman–Crippen MR) is 339 cm³/mol. The molecule has 2 nitrogen and oxygen atoms in total. The molecule has 0 radical (unpaired) electrons. The smallest absolute Gasteiger partial charge is 0.119 e. The first-order valence-electron chi connectivity index (χ1n) is 31.8. The molecule has 0 saturated carbocycles. The zero-order chi connectivity index (χ0) is 49.8. The van der Waals surface area contributed by atoms with Gasteiger partial charge in [-0.05, 0) is 395 Å². The van der Waals surface area contributed by atoms with Gasteiger partial charge in [0, 0.05) is 21.7 Å². The Morgan fingerprint density at radius 1 is 0.205 bits per heavy atom. The third-order valence-electron chi connectivity index (χ3n) is 30.4. The summed E-state index contributed by atoms with van der Waals surface area (Å²) in [4.78, 5) is 0. The number of hydrogen-bond acceptors (Lipinski definition) is 2. The van der Waals surface area contributed by atoms with Gasteiger partial charge in [0.25, 0.3) is 0 Å². The Hall–Kier alpha value is -9.24. The summed E-state index contributed by atoms with van der Waals surface area (Å²) in [6.45, 7) is 1.49. The fourth-order valence-corrected chi connectivity index (χ4v) is 29.9. The summed E-state index contributed by atoms with van der Waals surface area (Å²) >= 11 is 0. The van der Waals surface area contributed by atoms with E-state index in [1.807, 2.05) is 5.56 Å². The van der Waals surface area contributed by atoms with Crippen molar-refractivity contribution in [3.63, 3.8) is 0 Å². The van der Waals surface area contributed by atoms with Crippen LogP contribution in [0.15, 0.2) is 36.4 Å². The monoisotopic (exact) mass is 1030 g/mol. The summed E-state index contributed by atoms with van der Waals surface area (Å²) in [5, 5.41) is 77.7. The third-order valence-corrected chi connectivity index (χ3v) is 30.4. The average molecular weight is 1030 g/mol. The Kier molecular flexibility index (Phi) is 3.14. The molecular formula is C81H24O2. The highest BCUT2D eigenvalue weighted by Gasteiger charge is 2.77. The topological polar surface area (TPSA) is 18.5 Å². The molecule has 0 saturated heterocycles. The number of ether oxygens (including phenoxy) is 2. The van der Waals surface area contributed by atoms with Gasteiger partial charge in [0.05, 0.1) is 13.2 Å². The zero-order valence-corrected chi connectivity index (χ0v) is 43.6. The van der Waals surface area contributed by atoms with Crippen LogP contribution in [0.4, 0.5) is 0 Å². The van der Waals surface area contributed by atoms with Crippen LogP contribution >= 0.6 is 0 Å². The predicted octanol–water partition coefficient (Wildman–Crippen LogP) is 19.3. The van der Waals surface area contributed by atoms with Crippen molar-refractivity contribution in [2.24, 2.45) is 0 Å². The van der Waals surface area contributed by atoms with E-state index in [0.717, 1.165) is 69.7 Å². The van der Waals surface area contributed by atoms with Gasteiger partial charge in [0.1, 0.15) is 11.5 Å². The Morgan fingerprint density at radius 3 is 0.687 bits per heavy atom. The van der Waals surface area contributed by atoms with Crippen molar-refractivity contribution in [2.75, 3.05) is 13.2 Å². The van der Waals surface area contributed by atoms with Crippen LogP contribution in [0.25, 0.3) is 259 Å². The van der Waals surface area contributed by atoms with Gasteiger partial charge in [-0.3, -0.25) is 0 Å². The second-order valence-corrected chi connectivity index (χ2v) is 30.9. The molecule has 83 heavy (non-hydrogen) atoms. The lowest BCUT2D eigenvalue weighted by atomic mass is 9.42. The second kappa shape index (κ2) is 7.90. The van der Waals surface area contributed by atoms with E-state index in [9.17, 15) is 0 Å². The van der Waals surface area contributed by atoms with Crippen LogP contribution in [-0.4, -0.2) is 13.2 Å². The average Bonchev–Trinajstić information content (AvgIpc) is 1.38. The van der Waals surface area contributed by atoms with E-state index in [-0.39, 0.29) is 21.7 Å². The number of rotatable bonds is 0. The zero-order valence-electron chi connectivity index (χ0n) is 43.6. The van der Waals surface area contributed by atoms with E-state index < -0.39 is 0 Å². The van der Waals surface area contributed by atoms with Gasteiger partial charge in [-0.25, -0.2) is 0 Å². The number of fused-ring (bicyclic) bond motifs is 2. The largest absolute Gasteiger partial charge is 0.494 e. The third kappa shape index (κ3) is 1.95. The van der Waals surface area contributed by atoms with Crippen molar-refractivity contribution in [2.45, 2.75) is 66.6 Å². The number of benzene rings is 18. The van der Waals surface area contributed by atoms with E-state index in [4.69, 9.17) is 9.47 Å². The van der Waals surface area contributed by atoms with E-state index in [2.05, 4.69) is 36.4 Å². The quantitative estimate of drug-likeness (QED) is 0.141. The molecule has 37 rings (SSSR count). The van der Waals surface area contributed by atoms with E-state index in [1.165, 1.54) is 0 Å². The van der Waals surface area contributed by atoms with Gasteiger partial charge < -0.3 is 9.47 Å². The van der Waals surface area contributed by atoms with Crippen LogP contribution in [0, 0.1) is 0 Å². The molecule has 26 aromatic rings. The lowest BCUT2D eigenvalue weighted by Gasteiger charge is -2.58. The molecule has 26 aromatic carbocycles. The molecule has 2 heteroatoms. The van der Waals surface area contributed by atoms with E-state index >= 15 is 0 Å². The fraction of sp³-hybridized carbons (Fsp3) is 0.160. The minimum absolute atomic E-state index is 0.273. The highest BCUT2D eigenvalue weighted by atomic mass is 16.5. The lowest BCUT2D eigenvalue weighted by Crippen LogP contribution is -2.57. The molecule has 1 aliphatic heterocycles. The standard InChI is InChI=1S/C81H24O2/c1-2-8-82-20-7-5-17-13-79-72-58-50-39-31-24-22-23-25-30(24)43(50)51-40-32(25)29-34-27(23)36-35-26(22)33-28(31)37-44-52-41(33)46(35)56-57-47(36)42(34)53-45-38(29)49(40)61-65-55(45)67-63(53)71(57)78-12-16-4-6-21(83-9-3-1)11-19(16)15-81(78)76-66(62(52)70(56)78)54(44)64(60(72)48(37)39)74(79)68(76)69(77(67)81)75(65)80(79,14-18(17)10-20)73(61)59(51)58/h4-7,10-11H,1-3,8-9,12-15H2. The molecule has 9 bridgehead atoms. The Labute approximate surface area is 460 Å². The summed E-state index contributed by atoms with van der Waals surface area (Å²) in [6, 6.07) is 15.2. The molecule has 10 aliphatic carbocycles. The van der Waals surface area contributed by atoms with Gasteiger partial charge in [-0.15, -0.1) is 0 Å². The molecule has 4 unspecified atom stereocenters. The minimum atomic E-state index is -0.298. The molecule has 4 atom stereocenters. The summed E-state index contributed by atoms with van der Waals surface area (Å²) in [6.07, 6.45) is 7.34. The van der Waals surface area contributed by atoms with Crippen molar-refractivity contribution in [1.29, 1.82) is 0 Å². The van der Waals surface area contributed by atoms with Crippen molar-refractivity contribution in [3.05, 3.63) is 103 Å². The van der Waals surface area contributed by atoms with Crippen LogP contribution in [-0.2, 0) is 47.3 Å². The molecule has 1 heterocycles. The second-order valence-electron chi connectivity index (χ2n) is 30.9. The van der Waals surface area contributed by atoms with Gasteiger partial charge in [-0.2, -0.15) is 0 Å². The fourth-order valence-electron chi connectivity index (χ4n) is 29.9. The minimum Gasteiger partial charge on any atom is -0.494 e. The highest BCUT2D eigenvalue weighted by molar-refractivity contribution is 6.79. The molecule has 11 aliphatic rings. The van der Waals surface area contributed by atoms with Crippen LogP contribution in [0.5, 0.6) is 11.5 Å². The highest BCUT2D eigenvalue weighted by Crippen LogP contribution is 2.90. The maximum atomic E-state index is 6.97. The SMILES string of the molecule is c1cc2c3cc1OCCCCCOc1ccc4c(c1)CC15c6c7c8c9c%10c%11c%12c%13c%14c%15c%16c(c-7c7c%17c%18c(c%19c%20c1c1c6c9c6c%10c9c%12c%10c%12c%13c%13c%15c(c%16%17)c%15c%18c%16c%19c%17c%20c%18c1c6c1c9c%10c6c(c%181)c%17c1c%16c%15c%13c%12c16)C75C4)C8(C3)C%14%11C2. The van der Waals surface area contributed by atoms with Gasteiger partial charge >= 0.3 is 0 Å². The Bertz CT molecular complexity index is 8090. The van der Waals surface area contributed by atoms with Gasteiger partial charge in [0.2, 0.25) is 0 Å². The van der Waals surface area contributed by atoms with E-state index in [0.29, 0.717) is 0 Å². The van der Waals surface area contributed by atoms with Crippen molar-refractivity contribution < 1.29 is 9.47 Å². The van der Waals surface area contributed by atoms with Gasteiger partial charge in [0.15, 0.2) is 0 Å². The van der Waals surface area contributed by atoms with Crippen molar-refractivity contribution in [1.82, 2.24) is 0 Å². The van der Waals surface area contributed by atoms with Crippen LogP contribution in [0.1, 0.15) is 86.0 Å². The Morgan fingerprint density at radius 2 is 0.410 bits per heavy atom. The first-order valence-corrected chi connectivity index (χ1v) is 31.8. The maximum absolute atomic E-state index is 6.97. The molecule has 0 N–H and O–H groups in total.